The number of hydrogen-bond acceptors (Lipinski definition) is 4. The van der Waals surface area contributed by atoms with Gasteiger partial charge in [0.05, 0.1) is 25.8 Å². The summed E-state index contributed by atoms with van der Waals surface area (Å²) in [6.07, 6.45) is -2.83. The third-order valence-corrected chi connectivity index (χ3v) is 1.72. The second-order valence-electron chi connectivity index (χ2n) is 3.36. The first kappa shape index (κ1) is 13.5. The van der Waals surface area contributed by atoms with Crippen LogP contribution in [0.15, 0.2) is 10.6 Å². The van der Waals surface area contributed by atoms with Crippen LogP contribution in [-0.2, 0) is 11.3 Å². The van der Waals surface area contributed by atoms with Crippen molar-refractivity contribution in [2.24, 2.45) is 0 Å². The number of carbonyl (C=O) groups is 1. The quantitative estimate of drug-likeness (QED) is 0.810. The average molecular weight is 251 g/mol. The van der Waals surface area contributed by atoms with Crippen molar-refractivity contribution >= 4 is 5.91 Å². The molecule has 0 atom stereocenters. The van der Waals surface area contributed by atoms with E-state index in [1.165, 1.54) is 6.20 Å². The molecule has 5 nitrogen and oxygen atoms in total. The Morgan fingerprint density at radius 3 is 2.76 bits per heavy atom. The number of hydrogen-bond donors (Lipinski definition) is 2. The van der Waals surface area contributed by atoms with Crippen LogP contribution in [0, 0.1) is 6.92 Å². The van der Waals surface area contributed by atoms with E-state index in [1.54, 1.807) is 6.92 Å². The van der Waals surface area contributed by atoms with Crippen molar-refractivity contribution in [1.82, 2.24) is 15.6 Å². The number of amides is 1. The van der Waals surface area contributed by atoms with Crippen LogP contribution in [0.2, 0.25) is 0 Å². The summed E-state index contributed by atoms with van der Waals surface area (Å²) >= 11 is 0. The Kier molecular flexibility index (Phi) is 4.50. The largest absolute Gasteiger partial charge is 0.444 e. The number of aromatic nitrogens is 1. The van der Waals surface area contributed by atoms with Gasteiger partial charge in [-0.15, -0.1) is 0 Å². The topological polar surface area (TPSA) is 67.2 Å². The number of alkyl halides is 3. The van der Waals surface area contributed by atoms with Gasteiger partial charge in [-0.2, -0.15) is 13.2 Å². The van der Waals surface area contributed by atoms with Gasteiger partial charge in [-0.3, -0.25) is 4.79 Å². The van der Waals surface area contributed by atoms with Crippen molar-refractivity contribution in [3.8, 4) is 0 Å². The maximum atomic E-state index is 11.7. The van der Waals surface area contributed by atoms with E-state index in [0.29, 0.717) is 11.7 Å². The van der Waals surface area contributed by atoms with E-state index in [9.17, 15) is 18.0 Å². The molecule has 0 aliphatic carbocycles. The molecule has 0 fully saturated rings. The summed E-state index contributed by atoms with van der Waals surface area (Å²) in [4.78, 5) is 14.9. The van der Waals surface area contributed by atoms with Crippen molar-refractivity contribution in [3.63, 3.8) is 0 Å². The molecule has 8 heteroatoms. The summed E-state index contributed by atoms with van der Waals surface area (Å²) in [6.45, 7) is 0.154. The molecule has 0 spiro atoms. The molecule has 17 heavy (non-hydrogen) atoms. The molecule has 1 amide bonds. The minimum Gasteiger partial charge on any atom is -0.444 e. The summed E-state index contributed by atoms with van der Waals surface area (Å²) in [5.74, 6) is 0.362. The van der Waals surface area contributed by atoms with Gasteiger partial charge in [0, 0.05) is 0 Å². The fourth-order valence-corrected chi connectivity index (χ4v) is 1.04. The molecule has 1 aromatic heterocycles. The lowest BCUT2D eigenvalue weighted by molar-refractivity contribution is -0.128. The first-order valence-corrected chi connectivity index (χ1v) is 4.82. The molecule has 1 rings (SSSR count). The predicted molar refractivity (Wildman–Crippen MR) is 52.0 cm³/mol. The number of carbonyl (C=O) groups excluding carboxylic acids is 1. The second-order valence-corrected chi connectivity index (χ2v) is 3.36. The molecule has 0 unspecified atom stereocenters. The number of rotatable bonds is 5. The standard InChI is InChI=1S/C9H12F3N3O2/c1-6-2-15-8(17-6)4-14-7(16)3-13-5-9(10,11)12/h2,13H,3-5H2,1H3,(H,14,16). The van der Waals surface area contributed by atoms with E-state index in [0.717, 1.165) is 0 Å². The first-order valence-electron chi connectivity index (χ1n) is 4.82. The smallest absolute Gasteiger partial charge is 0.401 e. The number of oxazole rings is 1. The summed E-state index contributed by atoms with van der Waals surface area (Å²) in [5, 5.41) is 4.35. The number of nitrogens with one attached hydrogen (secondary N) is 2. The molecule has 0 saturated carbocycles. The van der Waals surface area contributed by atoms with E-state index < -0.39 is 25.2 Å². The van der Waals surface area contributed by atoms with E-state index in [1.807, 2.05) is 5.32 Å². The van der Waals surface area contributed by atoms with Crippen LogP contribution < -0.4 is 10.6 Å². The molecule has 0 aliphatic rings. The van der Waals surface area contributed by atoms with Gasteiger partial charge in [0.1, 0.15) is 5.76 Å². The van der Waals surface area contributed by atoms with E-state index in [2.05, 4.69) is 10.3 Å². The molecule has 1 heterocycles. The van der Waals surface area contributed by atoms with Gasteiger partial charge in [-0.25, -0.2) is 4.98 Å². The van der Waals surface area contributed by atoms with E-state index in [4.69, 9.17) is 4.42 Å². The SMILES string of the molecule is Cc1cnc(CNC(=O)CNCC(F)(F)F)o1. The lowest BCUT2D eigenvalue weighted by Crippen LogP contribution is -2.38. The van der Waals surface area contributed by atoms with Crippen molar-refractivity contribution < 1.29 is 22.4 Å². The lowest BCUT2D eigenvalue weighted by atomic mass is 10.5. The van der Waals surface area contributed by atoms with Crippen molar-refractivity contribution in [2.75, 3.05) is 13.1 Å². The van der Waals surface area contributed by atoms with Crippen molar-refractivity contribution in [2.45, 2.75) is 19.6 Å². The maximum Gasteiger partial charge on any atom is 0.401 e. The summed E-state index contributed by atoms with van der Waals surface area (Å²) in [6, 6.07) is 0. The highest BCUT2D eigenvalue weighted by atomic mass is 19.4. The Hall–Kier alpha value is -1.57. The molecule has 0 aromatic carbocycles. The van der Waals surface area contributed by atoms with Gasteiger partial charge < -0.3 is 15.1 Å². The minimum absolute atomic E-state index is 0.0559. The molecule has 96 valence electrons. The Balaban J connectivity index is 2.18. The zero-order valence-electron chi connectivity index (χ0n) is 9.10. The molecule has 0 aliphatic heterocycles. The lowest BCUT2D eigenvalue weighted by Gasteiger charge is -2.07. The van der Waals surface area contributed by atoms with Crippen molar-refractivity contribution in [1.29, 1.82) is 0 Å². The van der Waals surface area contributed by atoms with Gasteiger partial charge in [0.25, 0.3) is 0 Å². The maximum absolute atomic E-state index is 11.7. The molecule has 0 radical (unpaired) electrons. The van der Waals surface area contributed by atoms with Gasteiger partial charge >= 0.3 is 6.18 Å². The molecule has 0 saturated heterocycles. The highest BCUT2D eigenvalue weighted by Gasteiger charge is 2.26. The highest BCUT2D eigenvalue weighted by molar-refractivity contribution is 5.77. The fraction of sp³-hybridized carbons (Fsp3) is 0.556. The molecule has 0 bridgehead atoms. The predicted octanol–water partition coefficient (Wildman–Crippen LogP) is 0.751. The van der Waals surface area contributed by atoms with Gasteiger partial charge in [0.2, 0.25) is 11.8 Å². The third-order valence-electron chi connectivity index (χ3n) is 1.72. The van der Waals surface area contributed by atoms with Crippen LogP contribution in [0.3, 0.4) is 0 Å². The second kappa shape index (κ2) is 5.67. The van der Waals surface area contributed by atoms with Crippen LogP contribution in [0.25, 0.3) is 0 Å². The van der Waals surface area contributed by atoms with Crippen LogP contribution in [-0.4, -0.2) is 30.2 Å². The Bertz CT molecular complexity index is 376. The van der Waals surface area contributed by atoms with Gasteiger partial charge in [-0.05, 0) is 6.92 Å². The zero-order valence-corrected chi connectivity index (χ0v) is 9.10. The average Bonchev–Trinajstić information content (AvgIpc) is 2.59. The zero-order chi connectivity index (χ0) is 12.9. The Morgan fingerprint density at radius 1 is 1.53 bits per heavy atom. The number of aryl methyl sites for hydroxylation is 1. The molecular formula is C9H12F3N3O2. The molecule has 1 aromatic rings. The fourth-order valence-electron chi connectivity index (χ4n) is 1.04. The van der Waals surface area contributed by atoms with Crippen LogP contribution >= 0.6 is 0 Å². The van der Waals surface area contributed by atoms with Crippen molar-refractivity contribution in [3.05, 3.63) is 17.8 Å². The normalized spacial score (nSPS) is 11.5. The Morgan fingerprint density at radius 2 is 2.24 bits per heavy atom. The highest BCUT2D eigenvalue weighted by Crippen LogP contribution is 2.11. The van der Waals surface area contributed by atoms with Crippen LogP contribution in [0.4, 0.5) is 13.2 Å². The van der Waals surface area contributed by atoms with Crippen LogP contribution in [0.5, 0.6) is 0 Å². The summed E-state index contributed by atoms with van der Waals surface area (Å²) in [7, 11) is 0. The third kappa shape index (κ3) is 5.91. The van der Waals surface area contributed by atoms with Gasteiger partial charge in [0.15, 0.2) is 0 Å². The first-order chi connectivity index (χ1) is 7.87. The number of nitrogens with zero attached hydrogens (tertiary/aromatic N) is 1. The van der Waals surface area contributed by atoms with Gasteiger partial charge in [-0.1, -0.05) is 0 Å². The molecular weight excluding hydrogens is 239 g/mol. The minimum atomic E-state index is -4.32. The van der Waals surface area contributed by atoms with Crippen LogP contribution in [0.1, 0.15) is 11.7 Å². The summed E-state index contributed by atoms with van der Waals surface area (Å²) in [5.41, 5.74) is 0. The molecule has 2 N–H and O–H groups in total. The van der Waals surface area contributed by atoms with E-state index in [-0.39, 0.29) is 6.54 Å². The summed E-state index contributed by atoms with van der Waals surface area (Å²) < 4.78 is 40.3. The number of halogens is 3. The monoisotopic (exact) mass is 251 g/mol. The Labute approximate surface area is 95.4 Å². The van der Waals surface area contributed by atoms with E-state index >= 15 is 0 Å².